The van der Waals surface area contributed by atoms with E-state index in [1.807, 2.05) is 24.3 Å². The summed E-state index contributed by atoms with van der Waals surface area (Å²) < 4.78 is 0. The second kappa shape index (κ2) is 1.91. The second-order valence-electron chi connectivity index (χ2n) is 2.32. The molecule has 1 heterocycles. The summed E-state index contributed by atoms with van der Waals surface area (Å²) in [5, 5.41) is 0. The average Bonchev–Trinajstić information content (AvgIpc) is 2.33. The van der Waals surface area contributed by atoms with Crippen LogP contribution in [0, 0.1) is 0 Å². The van der Waals surface area contributed by atoms with Crippen LogP contribution < -0.4 is 0 Å². The molecule has 0 unspecified atom stereocenters. The quantitative estimate of drug-likeness (QED) is 0.433. The molecule has 10 heavy (non-hydrogen) atoms. The van der Waals surface area contributed by atoms with Gasteiger partial charge in [-0.3, -0.25) is 0 Å². The summed E-state index contributed by atoms with van der Waals surface area (Å²) in [5.41, 5.74) is 2.26. The van der Waals surface area contributed by atoms with Gasteiger partial charge in [-0.2, -0.15) is 0 Å². The Morgan fingerprint density at radius 2 is 2.10 bits per heavy atom. The van der Waals surface area contributed by atoms with Crippen molar-refractivity contribution in [1.82, 2.24) is 0 Å². The first-order chi connectivity index (χ1) is 4.86. The number of hydrogen-bond donors (Lipinski definition) is 0. The second-order valence-corrected chi connectivity index (χ2v) is 2.32. The molecule has 1 aliphatic carbocycles. The number of hydrogen-bond acceptors (Lipinski definition) is 1. The Morgan fingerprint density at radius 1 is 1.20 bits per heavy atom. The van der Waals surface area contributed by atoms with Crippen LogP contribution in [0.2, 0.25) is 0 Å². The number of rotatable bonds is 0. The molecule has 0 bridgehead atoms. The number of carbonyl (C=O) groups excluding carboxylic acids is 1. The van der Waals surface area contributed by atoms with E-state index in [1.165, 1.54) is 0 Å². The molecule has 2 aliphatic rings. The van der Waals surface area contributed by atoms with E-state index in [0.29, 0.717) is 0 Å². The van der Waals surface area contributed by atoms with Crippen molar-refractivity contribution in [3.63, 3.8) is 0 Å². The van der Waals surface area contributed by atoms with Crippen molar-refractivity contribution in [3.8, 4) is 0 Å². The summed E-state index contributed by atoms with van der Waals surface area (Å²) in [7, 11) is 0. The third-order valence-corrected chi connectivity index (χ3v) is 1.61. The van der Waals surface area contributed by atoms with Crippen molar-refractivity contribution >= 4 is 18.1 Å². The Labute approximate surface area is 59.6 Å². The van der Waals surface area contributed by atoms with Gasteiger partial charge < -0.3 is 0 Å². The molecule has 2 heteroatoms. The predicted molar refractivity (Wildman–Crippen MR) is 42.1 cm³/mol. The third-order valence-electron chi connectivity index (χ3n) is 1.61. The molecule has 2 rings (SSSR count). The Hall–Kier alpha value is -1.18. The van der Waals surface area contributed by atoms with Crippen molar-refractivity contribution in [2.45, 2.75) is 0 Å². The molecule has 1 aliphatic heterocycles. The van der Waals surface area contributed by atoms with Gasteiger partial charge in [0.05, 0.1) is 0 Å². The molecule has 0 aromatic carbocycles. The summed E-state index contributed by atoms with van der Waals surface area (Å²) >= 11 is 0. The van der Waals surface area contributed by atoms with Crippen molar-refractivity contribution < 1.29 is 4.79 Å². The van der Waals surface area contributed by atoms with Crippen molar-refractivity contribution in [1.29, 1.82) is 0 Å². The van der Waals surface area contributed by atoms with Crippen LogP contribution in [-0.4, -0.2) is 18.1 Å². The normalized spacial score (nSPS) is 19.8. The zero-order valence-corrected chi connectivity index (χ0v) is 5.37. The Balaban J connectivity index is 2.51. The van der Waals surface area contributed by atoms with Crippen LogP contribution in [0.1, 0.15) is 0 Å². The van der Waals surface area contributed by atoms with Gasteiger partial charge in [0.25, 0.3) is 0 Å². The Morgan fingerprint density at radius 3 is 3.00 bits per heavy atom. The summed E-state index contributed by atoms with van der Waals surface area (Å²) in [5.74, 6) is 0. The molecule has 0 saturated heterocycles. The van der Waals surface area contributed by atoms with Gasteiger partial charge in [0.2, 0.25) is 0 Å². The van der Waals surface area contributed by atoms with Gasteiger partial charge >= 0.3 is 58.8 Å². The van der Waals surface area contributed by atoms with Crippen LogP contribution in [0.25, 0.3) is 0 Å². The zero-order valence-electron chi connectivity index (χ0n) is 5.37. The zero-order chi connectivity index (χ0) is 6.97. The molecule has 0 aromatic heterocycles. The molecule has 0 saturated carbocycles. The molecule has 0 N–H and O–H groups in total. The van der Waals surface area contributed by atoms with E-state index >= 15 is 0 Å². The average molecular weight is 128 g/mol. The number of allylic oxidation sites excluding steroid dienone is 6. The molecular weight excluding hydrogens is 123 g/mol. The van der Waals surface area contributed by atoms with E-state index in [4.69, 9.17) is 0 Å². The van der Waals surface area contributed by atoms with Crippen LogP contribution in [-0.2, 0) is 4.79 Å². The molecular formula is C8H5BO. The van der Waals surface area contributed by atoms with E-state index in [-0.39, 0.29) is 5.68 Å². The summed E-state index contributed by atoms with van der Waals surface area (Å²) in [6.45, 7) is 1.65. The maximum atomic E-state index is 10.8. The Bertz CT molecular complexity index is 305. The number of carbonyl (C=O) groups is 1. The fraction of sp³-hybridized carbons (Fsp3) is 0. The molecule has 0 spiro atoms. The van der Waals surface area contributed by atoms with E-state index < -0.39 is 0 Å². The summed E-state index contributed by atoms with van der Waals surface area (Å²) in [4.78, 5) is 10.8. The van der Waals surface area contributed by atoms with E-state index in [9.17, 15) is 4.79 Å². The molecule has 0 radical (unpaired) electrons. The van der Waals surface area contributed by atoms with Gasteiger partial charge in [-0.05, 0) is 0 Å². The minimum atomic E-state index is 0.0821. The first kappa shape index (κ1) is 5.60. The fourth-order valence-corrected chi connectivity index (χ4v) is 1.10. The predicted octanol–water partition coefficient (Wildman–Crippen LogP) is 0.456. The monoisotopic (exact) mass is 128 g/mol. The molecule has 0 atom stereocenters. The van der Waals surface area contributed by atoms with E-state index in [0.717, 1.165) is 11.0 Å². The van der Waals surface area contributed by atoms with Gasteiger partial charge in [-0.25, -0.2) is 0 Å². The van der Waals surface area contributed by atoms with E-state index in [2.05, 4.69) is 0 Å². The molecule has 0 aromatic rings. The van der Waals surface area contributed by atoms with Crippen LogP contribution in [0.15, 0.2) is 36.0 Å². The van der Waals surface area contributed by atoms with Crippen LogP contribution in [0.4, 0.5) is 0 Å². The maximum absolute atomic E-state index is 10.8. The van der Waals surface area contributed by atoms with Gasteiger partial charge in [0.1, 0.15) is 0 Å². The van der Waals surface area contributed by atoms with Crippen LogP contribution >= 0.6 is 0 Å². The third kappa shape index (κ3) is 0.729. The SMILES string of the molecule is O=C1B=C2C=CC=C2C=C1. The van der Waals surface area contributed by atoms with Crippen molar-refractivity contribution in [2.24, 2.45) is 0 Å². The summed E-state index contributed by atoms with van der Waals surface area (Å²) in [6.07, 6.45) is 9.32. The Kier molecular flexibility index (Phi) is 1.07. The minimum absolute atomic E-state index is 0.0821. The van der Waals surface area contributed by atoms with Crippen molar-refractivity contribution in [3.05, 3.63) is 36.0 Å². The van der Waals surface area contributed by atoms with Gasteiger partial charge in [-0.15, -0.1) is 0 Å². The molecule has 46 valence electrons. The van der Waals surface area contributed by atoms with Gasteiger partial charge in [-0.1, -0.05) is 0 Å². The standard InChI is InChI=1S/C8H5BO/c10-8-5-4-6-2-1-3-7(6)9-8/h1-5H. The van der Waals surface area contributed by atoms with E-state index in [1.54, 1.807) is 13.0 Å². The fourth-order valence-electron chi connectivity index (χ4n) is 1.10. The van der Waals surface area contributed by atoms with Gasteiger partial charge in [0, 0.05) is 0 Å². The molecule has 1 nitrogen and oxygen atoms in total. The van der Waals surface area contributed by atoms with Crippen LogP contribution in [0.5, 0.6) is 0 Å². The summed E-state index contributed by atoms with van der Waals surface area (Å²) in [6, 6.07) is 0. The van der Waals surface area contributed by atoms with Gasteiger partial charge in [0.15, 0.2) is 0 Å². The first-order valence-electron chi connectivity index (χ1n) is 3.19. The molecule has 0 amide bonds. The molecule has 0 fully saturated rings. The first-order valence-corrected chi connectivity index (χ1v) is 3.19. The van der Waals surface area contributed by atoms with Crippen LogP contribution in [0.3, 0.4) is 0 Å². The van der Waals surface area contributed by atoms with Crippen molar-refractivity contribution in [2.75, 3.05) is 0 Å². The number of fused-ring (bicyclic) bond motifs is 1. The topological polar surface area (TPSA) is 17.1 Å².